The molecule has 1 aliphatic heterocycles. The van der Waals surface area contributed by atoms with E-state index in [1.807, 2.05) is 18.4 Å². The molecular formula is C19H35N5S. The van der Waals surface area contributed by atoms with Crippen LogP contribution >= 0.6 is 11.3 Å². The number of aryl methyl sites for hydroxylation is 1. The minimum Gasteiger partial charge on any atom is -0.356 e. The van der Waals surface area contributed by atoms with Crippen LogP contribution in [0.15, 0.2) is 17.1 Å². The smallest absolute Gasteiger partial charge is 0.191 e. The molecule has 1 aromatic heterocycles. The molecule has 1 fully saturated rings. The molecule has 5 nitrogen and oxygen atoms in total. The fourth-order valence-electron chi connectivity index (χ4n) is 3.18. The van der Waals surface area contributed by atoms with Gasteiger partial charge in [-0.2, -0.15) is 0 Å². The number of thiophene rings is 1. The maximum atomic E-state index is 4.38. The lowest BCUT2D eigenvalue weighted by atomic mass is 10.1. The third-order valence-electron chi connectivity index (χ3n) is 4.69. The van der Waals surface area contributed by atoms with Gasteiger partial charge in [-0.15, -0.1) is 11.3 Å². The van der Waals surface area contributed by atoms with Gasteiger partial charge in [0.15, 0.2) is 5.96 Å². The zero-order chi connectivity index (χ0) is 18.2. The third kappa shape index (κ3) is 7.34. The molecule has 0 aliphatic carbocycles. The normalized spacial score (nSPS) is 19.6. The van der Waals surface area contributed by atoms with Gasteiger partial charge in [0, 0.05) is 68.5 Å². The van der Waals surface area contributed by atoms with Gasteiger partial charge in [0.2, 0.25) is 0 Å². The lowest BCUT2D eigenvalue weighted by Crippen LogP contribution is -2.48. The molecule has 0 amide bonds. The van der Waals surface area contributed by atoms with Crippen molar-refractivity contribution >= 4 is 17.3 Å². The van der Waals surface area contributed by atoms with Crippen LogP contribution in [0.3, 0.4) is 0 Å². The molecule has 2 heterocycles. The second kappa shape index (κ2) is 10.1. The van der Waals surface area contributed by atoms with Crippen molar-refractivity contribution in [3.8, 4) is 0 Å². The van der Waals surface area contributed by atoms with Crippen LogP contribution in [0.2, 0.25) is 0 Å². The summed E-state index contributed by atoms with van der Waals surface area (Å²) in [5, 5.41) is 7.01. The Labute approximate surface area is 157 Å². The summed E-state index contributed by atoms with van der Waals surface area (Å²) in [6, 6.07) is 4.80. The third-order valence-corrected chi connectivity index (χ3v) is 5.72. The Kier molecular flexibility index (Phi) is 8.19. The van der Waals surface area contributed by atoms with E-state index >= 15 is 0 Å². The molecule has 0 spiro atoms. The van der Waals surface area contributed by atoms with Crippen molar-refractivity contribution in [3.05, 3.63) is 21.9 Å². The molecular weight excluding hydrogens is 330 g/mol. The number of piperazine rings is 1. The van der Waals surface area contributed by atoms with Gasteiger partial charge in [-0.1, -0.05) is 6.92 Å². The number of aliphatic imine (C=N–C) groups is 1. The summed E-state index contributed by atoms with van der Waals surface area (Å²) in [6.07, 6.45) is 1.04. The summed E-state index contributed by atoms with van der Waals surface area (Å²) in [6.45, 7) is 13.5. The average Bonchev–Trinajstić information content (AvgIpc) is 2.98. The number of likely N-dealkylation sites (N-methyl/N-ethyl adjacent to an activating group) is 1. The number of guanidine groups is 1. The van der Waals surface area contributed by atoms with Crippen LogP contribution in [0.25, 0.3) is 0 Å². The van der Waals surface area contributed by atoms with Crippen molar-refractivity contribution in [1.29, 1.82) is 0 Å². The van der Waals surface area contributed by atoms with E-state index in [1.54, 1.807) is 0 Å². The number of hydrogen-bond donors (Lipinski definition) is 2. The highest BCUT2D eigenvalue weighted by atomic mass is 32.1. The van der Waals surface area contributed by atoms with E-state index in [9.17, 15) is 0 Å². The first-order chi connectivity index (χ1) is 12.0. The largest absolute Gasteiger partial charge is 0.356 e. The molecule has 1 aliphatic rings. The number of hydrogen-bond acceptors (Lipinski definition) is 4. The Bertz CT molecular complexity index is 534. The van der Waals surface area contributed by atoms with Crippen LogP contribution in [0.1, 0.15) is 23.6 Å². The molecule has 25 heavy (non-hydrogen) atoms. The molecule has 1 saturated heterocycles. The standard InChI is InChI=1S/C19H35N5S/c1-15(14-24-10-8-23(5)9-11-24)13-21-19(20-4)22-16(2)12-18-7-6-17(3)25-18/h6-7,15-16H,8-14H2,1-5H3,(H2,20,21,22). The second-order valence-corrected chi connectivity index (χ2v) is 8.80. The highest BCUT2D eigenvalue weighted by Crippen LogP contribution is 2.16. The molecule has 142 valence electrons. The summed E-state index contributed by atoms with van der Waals surface area (Å²) in [5.41, 5.74) is 0. The molecule has 0 bridgehead atoms. The molecule has 1 aromatic rings. The lowest BCUT2D eigenvalue weighted by Gasteiger charge is -2.34. The highest BCUT2D eigenvalue weighted by Gasteiger charge is 2.16. The Morgan fingerprint density at radius 3 is 2.56 bits per heavy atom. The van der Waals surface area contributed by atoms with Crippen LogP contribution in [0.4, 0.5) is 0 Å². The zero-order valence-corrected chi connectivity index (χ0v) is 17.3. The van der Waals surface area contributed by atoms with Gasteiger partial charge in [0.05, 0.1) is 0 Å². The highest BCUT2D eigenvalue weighted by molar-refractivity contribution is 7.11. The SMILES string of the molecule is CN=C(NCC(C)CN1CCN(C)CC1)NC(C)Cc1ccc(C)s1. The molecule has 2 atom stereocenters. The Morgan fingerprint density at radius 1 is 1.24 bits per heavy atom. The topological polar surface area (TPSA) is 42.9 Å². The van der Waals surface area contributed by atoms with E-state index in [1.165, 1.54) is 35.9 Å². The predicted octanol–water partition coefficient (Wildman–Crippen LogP) is 2.04. The van der Waals surface area contributed by atoms with Crippen LogP contribution < -0.4 is 10.6 Å². The minimum atomic E-state index is 0.372. The van der Waals surface area contributed by atoms with Gasteiger partial charge in [-0.05, 0) is 38.9 Å². The maximum Gasteiger partial charge on any atom is 0.191 e. The van der Waals surface area contributed by atoms with Gasteiger partial charge in [0.25, 0.3) is 0 Å². The second-order valence-electron chi connectivity index (χ2n) is 7.42. The molecule has 0 aromatic carbocycles. The molecule has 0 radical (unpaired) electrons. The lowest BCUT2D eigenvalue weighted by molar-refractivity contribution is 0.139. The van der Waals surface area contributed by atoms with Crippen LogP contribution in [-0.4, -0.2) is 75.2 Å². The van der Waals surface area contributed by atoms with Crippen molar-refractivity contribution < 1.29 is 0 Å². The van der Waals surface area contributed by atoms with Crippen LogP contribution in [-0.2, 0) is 6.42 Å². The van der Waals surface area contributed by atoms with Gasteiger partial charge in [-0.25, -0.2) is 0 Å². The number of nitrogens with one attached hydrogen (secondary N) is 2. The first-order valence-corrected chi connectivity index (χ1v) is 10.2. The van der Waals surface area contributed by atoms with E-state index < -0.39 is 0 Å². The van der Waals surface area contributed by atoms with Gasteiger partial charge in [0.1, 0.15) is 0 Å². The molecule has 2 rings (SSSR count). The Morgan fingerprint density at radius 2 is 1.96 bits per heavy atom. The van der Waals surface area contributed by atoms with Crippen molar-refractivity contribution in [1.82, 2.24) is 20.4 Å². The Balaban J connectivity index is 1.68. The van der Waals surface area contributed by atoms with Gasteiger partial charge < -0.3 is 20.4 Å². The van der Waals surface area contributed by atoms with E-state index in [-0.39, 0.29) is 0 Å². The van der Waals surface area contributed by atoms with Gasteiger partial charge >= 0.3 is 0 Å². The Hall–Kier alpha value is -1.11. The van der Waals surface area contributed by atoms with Crippen molar-refractivity contribution in [3.63, 3.8) is 0 Å². The fraction of sp³-hybridized carbons (Fsp3) is 0.737. The average molecular weight is 366 g/mol. The monoisotopic (exact) mass is 365 g/mol. The summed E-state index contributed by atoms with van der Waals surface area (Å²) >= 11 is 1.88. The summed E-state index contributed by atoms with van der Waals surface area (Å²) in [5.74, 6) is 1.52. The predicted molar refractivity (Wildman–Crippen MR) is 110 cm³/mol. The van der Waals surface area contributed by atoms with Crippen molar-refractivity contribution in [2.24, 2.45) is 10.9 Å². The summed E-state index contributed by atoms with van der Waals surface area (Å²) in [4.78, 5) is 12.2. The summed E-state index contributed by atoms with van der Waals surface area (Å²) < 4.78 is 0. The van der Waals surface area contributed by atoms with Gasteiger partial charge in [-0.3, -0.25) is 4.99 Å². The van der Waals surface area contributed by atoms with E-state index in [2.05, 4.69) is 65.4 Å². The van der Waals surface area contributed by atoms with E-state index in [0.29, 0.717) is 12.0 Å². The first-order valence-electron chi connectivity index (χ1n) is 9.39. The summed E-state index contributed by atoms with van der Waals surface area (Å²) in [7, 11) is 4.05. The molecule has 6 heteroatoms. The van der Waals surface area contributed by atoms with Crippen molar-refractivity contribution in [2.75, 3.05) is 53.4 Å². The van der Waals surface area contributed by atoms with Crippen molar-refractivity contribution in [2.45, 2.75) is 33.2 Å². The molecule has 0 saturated carbocycles. The first kappa shape index (κ1) is 20.2. The van der Waals surface area contributed by atoms with E-state index in [4.69, 9.17) is 0 Å². The quantitative estimate of drug-likeness (QED) is 0.573. The van der Waals surface area contributed by atoms with E-state index in [0.717, 1.165) is 25.5 Å². The maximum absolute atomic E-state index is 4.38. The van der Waals surface area contributed by atoms with Crippen LogP contribution in [0, 0.1) is 12.8 Å². The zero-order valence-electron chi connectivity index (χ0n) is 16.5. The number of nitrogens with zero attached hydrogens (tertiary/aromatic N) is 3. The fourth-order valence-corrected chi connectivity index (χ4v) is 4.20. The molecule has 2 unspecified atom stereocenters. The molecule has 2 N–H and O–H groups in total. The minimum absolute atomic E-state index is 0.372. The van der Waals surface area contributed by atoms with Crippen LogP contribution in [0.5, 0.6) is 0 Å². The number of rotatable bonds is 7.